The van der Waals surface area contributed by atoms with Crippen LogP contribution in [0.3, 0.4) is 0 Å². The van der Waals surface area contributed by atoms with Gasteiger partial charge in [0.15, 0.2) is 9.90 Å². The molecule has 4 rings (SSSR count). The lowest BCUT2D eigenvalue weighted by atomic mass is 10.1. The second kappa shape index (κ2) is 9.84. The number of nitrogens with zero attached hydrogens (tertiary/aromatic N) is 3. The maximum atomic E-state index is 13.9. The summed E-state index contributed by atoms with van der Waals surface area (Å²) < 4.78 is 22.0. The minimum absolute atomic E-state index is 0.177. The molecule has 3 aromatic heterocycles. The summed E-state index contributed by atoms with van der Waals surface area (Å²) in [5.41, 5.74) is 1.18. The highest BCUT2D eigenvalue weighted by atomic mass is 32.1. The number of hydrogen-bond acceptors (Lipinski definition) is 6. The topological polar surface area (TPSA) is 88.7 Å². The summed E-state index contributed by atoms with van der Waals surface area (Å²) in [6.45, 7) is 4.29. The van der Waals surface area contributed by atoms with Gasteiger partial charge in [-0.15, -0.1) is 17.9 Å². The Bertz CT molecular complexity index is 1300. The Kier molecular flexibility index (Phi) is 6.72. The number of amides is 1. The largest absolute Gasteiger partial charge is 0.461 e. The molecule has 0 spiro atoms. The maximum Gasteiger partial charge on any atom is 0.226 e. The quantitative estimate of drug-likeness (QED) is 0.262. The smallest absolute Gasteiger partial charge is 0.226 e. The van der Waals surface area contributed by atoms with Crippen molar-refractivity contribution in [3.8, 4) is 11.3 Å². The average molecular weight is 470 g/mol. The van der Waals surface area contributed by atoms with Crippen LogP contribution in [0.25, 0.3) is 11.3 Å². The van der Waals surface area contributed by atoms with Crippen LogP contribution < -0.4 is 5.32 Å². The van der Waals surface area contributed by atoms with Crippen LogP contribution in [-0.2, 0) is 24.2 Å². The average Bonchev–Trinajstić information content (AvgIpc) is 3.50. The number of H-pyrrole nitrogens is 1. The maximum absolute atomic E-state index is 13.9. The minimum Gasteiger partial charge on any atom is -0.461 e. The summed E-state index contributed by atoms with van der Waals surface area (Å²) in [6, 6.07) is 9.88. The monoisotopic (exact) mass is 469 g/mol. The zero-order valence-corrected chi connectivity index (χ0v) is 18.6. The van der Waals surface area contributed by atoms with Crippen molar-refractivity contribution in [2.24, 2.45) is 0 Å². The van der Waals surface area contributed by atoms with Crippen LogP contribution in [0.5, 0.6) is 0 Å². The van der Waals surface area contributed by atoms with Crippen LogP contribution >= 0.6 is 23.6 Å². The van der Waals surface area contributed by atoms with Gasteiger partial charge in [-0.2, -0.15) is 5.10 Å². The summed E-state index contributed by atoms with van der Waals surface area (Å²) >= 11 is 6.56. The number of hydrogen-bond donors (Lipinski definition) is 2. The van der Waals surface area contributed by atoms with E-state index in [-0.39, 0.29) is 18.1 Å². The van der Waals surface area contributed by atoms with Crippen LogP contribution in [-0.4, -0.2) is 25.7 Å². The predicted octanol–water partition coefficient (Wildman–Crippen LogP) is 5.14. The van der Waals surface area contributed by atoms with Gasteiger partial charge in [-0.1, -0.05) is 18.2 Å². The first kappa shape index (κ1) is 21.8. The van der Waals surface area contributed by atoms with Gasteiger partial charge in [-0.25, -0.2) is 9.37 Å². The third kappa shape index (κ3) is 5.09. The van der Waals surface area contributed by atoms with Gasteiger partial charge in [0.1, 0.15) is 23.2 Å². The number of rotatable bonds is 9. The molecule has 1 aromatic carbocycles. The lowest BCUT2D eigenvalue weighted by molar-refractivity contribution is -0.116. The lowest BCUT2D eigenvalue weighted by Gasteiger charge is -2.02. The number of aromatic amines is 1. The molecule has 0 atom stereocenters. The molecule has 0 aliphatic carbocycles. The van der Waals surface area contributed by atoms with E-state index in [2.05, 4.69) is 27.1 Å². The summed E-state index contributed by atoms with van der Waals surface area (Å²) in [5, 5.41) is 12.2. The molecule has 0 saturated heterocycles. The summed E-state index contributed by atoms with van der Waals surface area (Å²) in [6.07, 6.45) is 2.85. The summed E-state index contributed by atoms with van der Waals surface area (Å²) in [7, 11) is 0. The number of aryl methyl sites for hydroxylation is 1. The number of nitrogens with one attached hydrogen (secondary N) is 2. The highest BCUT2D eigenvalue weighted by Gasteiger charge is 2.13. The van der Waals surface area contributed by atoms with Crippen molar-refractivity contribution in [1.82, 2.24) is 19.7 Å². The molecule has 7 nitrogen and oxygen atoms in total. The SMILES string of the molecule is C=CCn1c(Cc2csc(NC(=O)CCc3ccc(-c4ccccc4F)o3)n2)n[nH]c1=S. The molecular formula is C22H20FN5O2S2. The number of anilines is 1. The van der Waals surface area contributed by atoms with Gasteiger partial charge >= 0.3 is 0 Å². The van der Waals surface area contributed by atoms with Crippen molar-refractivity contribution in [1.29, 1.82) is 0 Å². The number of allylic oxidation sites excluding steroid dienone is 1. The Labute approximate surface area is 192 Å². The fourth-order valence-electron chi connectivity index (χ4n) is 3.15. The Hall–Kier alpha value is -3.37. The predicted molar refractivity (Wildman–Crippen MR) is 124 cm³/mol. The van der Waals surface area contributed by atoms with Crippen molar-refractivity contribution in [3.63, 3.8) is 0 Å². The molecule has 0 unspecified atom stereocenters. The number of benzene rings is 1. The third-order valence-electron chi connectivity index (χ3n) is 4.69. The summed E-state index contributed by atoms with van der Waals surface area (Å²) in [4.78, 5) is 16.8. The Morgan fingerprint density at radius 2 is 2.19 bits per heavy atom. The minimum atomic E-state index is -0.348. The van der Waals surface area contributed by atoms with Gasteiger partial charge in [-0.05, 0) is 36.5 Å². The van der Waals surface area contributed by atoms with Gasteiger partial charge in [0.25, 0.3) is 0 Å². The van der Waals surface area contributed by atoms with E-state index in [1.54, 1.807) is 36.4 Å². The molecule has 1 amide bonds. The van der Waals surface area contributed by atoms with Crippen LogP contribution in [0.2, 0.25) is 0 Å². The van der Waals surface area contributed by atoms with E-state index in [0.29, 0.717) is 46.4 Å². The lowest BCUT2D eigenvalue weighted by Crippen LogP contribution is -2.12. The number of thiazole rings is 1. The molecule has 0 radical (unpaired) electrons. The molecule has 164 valence electrons. The second-order valence-corrected chi connectivity index (χ2v) is 8.20. The first-order valence-electron chi connectivity index (χ1n) is 9.86. The van der Waals surface area contributed by atoms with E-state index in [1.165, 1.54) is 17.4 Å². The van der Waals surface area contributed by atoms with Crippen molar-refractivity contribution in [2.45, 2.75) is 25.8 Å². The summed E-state index contributed by atoms with van der Waals surface area (Å²) in [5.74, 6) is 1.28. The van der Waals surface area contributed by atoms with Gasteiger partial charge in [0.05, 0.1) is 17.7 Å². The Morgan fingerprint density at radius 3 is 3.00 bits per heavy atom. The van der Waals surface area contributed by atoms with E-state index in [0.717, 1.165) is 11.5 Å². The Morgan fingerprint density at radius 1 is 1.34 bits per heavy atom. The molecule has 0 bridgehead atoms. The van der Waals surface area contributed by atoms with E-state index >= 15 is 0 Å². The van der Waals surface area contributed by atoms with E-state index in [1.807, 2.05) is 9.95 Å². The van der Waals surface area contributed by atoms with Gasteiger partial charge in [-0.3, -0.25) is 14.5 Å². The fourth-order valence-corrected chi connectivity index (χ4v) is 4.10. The van der Waals surface area contributed by atoms with Crippen molar-refractivity contribution in [2.75, 3.05) is 5.32 Å². The second-order valence-electron chi connectivity index (χ2n) is 6.96. The highest BCUT2D eigenvalue weighted by molar-refractivity contribution is 7.71. The highest BCUT2D eigenvalue weighted by Crippen LogP contribution is 2.25. The standard InChI is InChI=1S/C22H20FN5O2S2/c1-2-11-28-19(26-27-22(28)31)12-14-13-32-21(24-14)25-20(29)10-8-15-7-9-18(30-15)16-5-3-4-6-17(16)23/h2-7,9,13H,1,8,10-12H2,(H,27,31)(H,24,25,29). The first-order valence-corrected chi connectivity index (χ1v) is 11.1. The van der Waals surface area contributed by atoms with Gasteiger partial charge < -0.3 is 9.73 Å². The number of halogens is 1. The molecular weight excluding hydrogens is 449 g/mol. The molecule has 0 aliphatic heterocycles. The molecule has 2 N–H and O–H groups in total. The van der Waals surface area contributed by atoms with Gasteiger partial charge in [0.2, 0.25) is 5.91 Å². The van der Waals surface area contributed by atoms with Crippen LogP contribution in [0.15, 0.2) is 58.9 Å². The molecule has 10 heteroatoms. The first-order chi connectivity index (χ1) is 15.5. The zero-order chi connectivity index (χ0) is 22.5. The fraction of sp³-hybridized carbons (Fsp3) is 0.182. The number of furan rings is 1. The molecule has 0 saturated carbocycles. The Balaban J connectivity index is 1.32. The third-order valence-corrected chi connectivity index (χ3v) is 5.80. The molecule has 4 aromatic rings. The number of carbonyl (C=O) groups is 1. The molecule has 3 heterocycles. The van der Waals surface area contributed by atoms with Crippen LogP contribution in [0.4, 0.5) is 9.52 Å². The molecule has 0 fully saturated rings. The van der Waals surface area contributed by atoms with Crippen molar-refractivity contribution in [3.05, 3.63) is 82.3 Å². The van der Waals surface area contributed by atoms with Gasteiger partial charge in [0, 0.05) is 24.8 Å². The van der Waals surface area contributed by atoms with Crippen molar-refractivity contribution < 1.29 is 13.6 Å². The van der Waals surface area contributed by atoms with E-state index in [4.69, 9.17) is 16.6 Å². The van der Waals surface area contributed by atoms with E-state index < -0.39 is 0 Å². The molecule has 32 heavy (non-hydrogen) atoms. The van der Waals surface area contributed by atoms with Crippen molar-refractivity contribution >= 4 is 34.6 Å². The molecule has 0 aliphatic rings. The zero-order valence-electron chi connectivity index (χ0n) is 17.0. The number of carbonyl (C=O) groups excluding carboxylic acids is 1. The van der Waals surface area contributed by atoms with Crippen LogP contribution in [0, 0.1) is 10.6 Å². The number of aromatic nitrogens is 4. The van der Waals surface area contributed by atoms with Crippen LogP contribution in [0.1, 0.15) is 23.7 Å². The van der Waals surface area contributed by atoms with E-state index in [9.17, 15) is 9.18 Å². The normalized spacial score (nSPS) is 10.9.